The van der Waals surface area contributed by atoms with Gasteiger partial charge in [0, 0.05) is 24.0 Å². The quantitative estimate of drug-likeness (QED) is 0.753. The molecule has 0 aliphatic carbocycles. The molecule has 0 fully saturated rings. The Hall–Kier alpha value is -2.94. The molecular formula is C16H12F2N2O4S. The highest BCUT2D eigenvalue weighted by Gasteiger charge is 2.18. The first-order chi connectivity index (χ1) is 11.8. The summed E-state index contributed by atoms with van der Waals surface area (Å²) in [6.07, 6.45) is 3.73. The van der Waals surface area contributed by atoms with Gasteiger partial charge >= 0.3 is 0 Å². The van der Waals surface area contributed by atoms with Crippen LogP contribution in [0.4, 0.5) is 14.5 Å². The van der Waals surface area contributed by atoms with Gasteiger partial charge in [-0.2, -0.15) is 0 Å². The number of carbonyl (C=O) groups excluding carboxylic acids is 1. The minimum atomic E-state index is -3.94. The average molecular weight is 366 g/mol. The molecule has 0 saturated heterocycles. The lowest BCUT2D eigenvalue weighted by Gasteiger charge is -2.07. The van der Waals surface area contributed by atoms with E-state index in [9.17, 15) is 22.0 Å². The van der Waals surface area contributed by atoms with Crippen molar-refractivity contribution in [2.45, 2.75) is 5.75 Å². The zero-order valence-corrected chi connectivity index (χ0v) is 13.5. The van der Waals surface area contributed by atoms with Crippen LogP contribution in [0, 0.1) is 11.6 Å². The number of hydrogen-bond acceptors (Lipinski definition) is 4. The molecule has 0 aliphatic heterocycles. The van der Waals surface area contributed by atoms with E-state index in [1.807, 2.05) is 0 Å². The van der Waals surface area contributed by atoms with Gasteiger partial charge in [0.15, 0.2) is 5.76 Å². The summed E-state index contributed by atoms with van der Waals surface area (Å²) in [5.41, 5.74) is 0.0702. The highest BCUT2D eigenvalue weighted by atomic mass is 32.2. The fourth-order valence-electron chi connectivity index (χ4n) is 2.13. The predicted octanol–water partition coefficient (Wildman–Crippen LogP) is 2.99. The molecule has 0 atom stereocenters. The molecule has 0 aliphatic rings. The first kappa shape index (κ1) is 16.9. The summed E-state index contributed by atoms with van der Waals surface area (Å²) in [7, 11) is -3.94. The summed E-state index contributed by atoms with van der Waals surface area (Å²) in [6, 6.07) is 7.06. The molecule has 0 bridgehead atoms. The van der Waals surface area contributed by atoms with Gasteiger partial charge in [-0.05, 0) is 24.3 Å². The molecule has 130 valence electrons. The van der Waals surface area contributed by atoms with Crippen LogP contribution in [0.2, 0.25) is 0 Å². The number of nitrogens with one attached hydrogen (secondary N) is 1. The standard InChI is InChI=1S/C16H12F2N2O4S/c17-12-4-3-11(14(18)8-12)10-25(22,23)20-6-5-13(9-20)19-16(21)15-2-1-7-24-15/h1-9H,10H2,(H,19,21). The topological polar surface area (TPSA) is 81.3 Å². The maximum absolute atomic E-state index is 13.6. The average Bonchev–Trinajstić information content (AvgIpc) is 3.21. The molecule has 2 heterocycles. The van der Waals surface area contributed by atoms with Gasteiger partial charge in [0.05, 0.1) is 17.7 Å². The fourth-order valence-corrected chi connectivity index (χ4v) is 3.43. The Labute approximate surface area is 141 Å². The lowest BCUT2D eigenvalue weighted by atomic mass is 10.2. The van der Waals surface area contributed by atoms with Gasteiger partial charge in [-0.1, -0.05) is 6.07 Å². The molecule has 0 radical (unpaired) electrons. The SMILES string of the molecule is O=C(Nc1ccn(S(=O)(=O)Cc2ccc(F)cc2F)c1)c1ccco1. The van der Waals surface area contributed by atoms with Crippen LogP contribution < -0.4 is 5.32 Å². The molecule has 0 unspecified atom stereocenters. The van der Waals surface area contributed by atoms with Gasteiger partial charge in [0.1, 0.15) is 11.6 Å². The number of nitrogens with zero attached hydrogens (tertiary/aromatic N) is 1. The molecule has 1 aromatic carbocycles. The summed E-state index contributed by atoms with van der Waals surface area (Å²) in [5, 5.41) is 2.48. The zero-order chi connectivity index (χ0) is 18.0. The number of amides is 1. The molecule has 25 heavy (non-hydrogen) atoms. The Kier molecular flexibility index (Phi) is 4.41. The summed E-state index contributed by atoms with van der Waals surface area (Å²) < 4.78 is 57.0. The normalized spacial score (nSPS) is 11.4. The highest BCUT2D eigenvalue weighted by Crippen LogP contribution is 2.17. The van der Waals surface area contributed by atoms with E-state index in [1.54, 1.807) is 6.07 Å². The molecule has 0 spiro atoms. The number of rotatable bonds is 5. The first-order valence-electron chi connectivity index (χ1n) is 7.05. The van der Waals surface area contributed by atoms with Crippen LogP contribution in [0.1, 0.15) is 16.1 Å². The highest BCUT2D eigenvalue weighted by molar-refractivity contribution is 7.89. The molecule has 3 aromatic rings. The molecule has 2 aromatic heterocycles. The Bertz CT molecular complexity index is 1010. The van der Waals surface area contributed by atoms with Crippen molar-refractivity contribution < 1.29 is 26.4 Å². The molecule has 1 N–H and O–H groups in total. The third kappa shape index (κ3) is 3.77. The van der Waals surface area contributed by atoms with Crippen LogP contribution in [-0.4, -0.2) is 18.3 Å². The van der Waals surface area contributed by atoms with Crippen LogP contribution in [0.25, 0.3) is 0 Å². The Morgan fingerprint density at radius 1 is 1.20 bits per heavy atom. The molecule has 0 saturated carbocycles. The molecular weight excluding hydrogens is 354 g/mol. The van der Waals surface area contributed by atoms with Crippen LogP contribution in [0.5, 0.6) is 0 Å². The molecule has 6 nitrogen and oxygen atoms in total. The van der Waals surface area contributed by atoms with Crippen LogP contribution in [0.3, 0.4) is 0 Å². The summed E-state index contributed by atoms with van der Waals surface area (Å²) in [6.45, 7) is 0. The van der Waals surface area contributed by atoms with Gasteiger partial charge in [0.2, 0.25) is 10.0 Å². The Balaban J connectivity index is 1.77. The van der Waals surface area contributed by atoms with Crippen molar-refractivity contribution in [2.75, 3.05) is 5.32 Å². The maximum Gasteiger partial charge on any atom is 0.291 e. The van der Waals surface area contributed by atoms with Crippen LogP contribution in [0.15, 0.2) is 59.5 Å². The largest absolute Gasteiger partial charge is 0.459 e. The van der Waals surface area contributed by atoms with Crippen molar-refractivity contribution in [1.29, 1.82) is 0 Å². The second-order valence-corrected chi connectivity index (χ2v) is 7.03. The van der Waals surface area contributed by atoms with Crippen molar-refractivity contribution in [2.24, 2.45) is 0 Å². The minimum Gasteiger partial charge on any atom is -0.459 e. The number of hydrogen-bond donors (Lipinski definition) is 1. The smallest absolute Gasteiger partial charge is 0.291 e. The number of carbonyl (C=O) groups is 1. The first-order valence-corrected chi connectivity index (χ1v) is 8.66. The third-order valence-electron chi connectivity index (χ3n) is 3.34. The van der Waals surface area contributed by atoms with Gasteiger partial charge in [-0.15, -0.1) is 0 Å². The van der Waals surface area contributed by atoms with Gasteiger partial charge in [0.25, 0.3) is 5.91 Å². The zero-order valence-electron chi connectivity index (χ0n) is 12.6. The van der Waals surface area contributed by atoms with E-state index in [-0.39, 0.29) is 17.0 Å². The van der Waals surface area contributed by atoms with Gasteiger partial charge in [-0.3, -0.25) is 8.77 Å². The predicted molar refractivity (Wildman–Crippen MR) is 85.5 cm³/mol. The van der Waals surface area contributed by atoms with Crippen molar-refractivity contribution in [3.8, 4) is 0 Å². The monoisotopic (exact) mass is 366 g/mol. The third-order valence-corrected chi connectivity index (χ3v) is 4.89. The number of anilines is 1. The van der Waals surface area contributed by atoms with Crippen molar-refractivity contribution >= 4 is 21.6 Å². The number of benzene rings is 1. The van der Waals surface area contributed by atoms with Crippen molar-refractivity contribution in [1.82, 2.24) is 3.97 Å². The second-order valence-electron chi connectivity index (χ2n) is 5.15. The van der Waals surface area contributed by atoms with E-state index in [0.717, 1.165) is 16.1 Å². The number of furan rings is 1. The van der Waals surface area contributed by atoms with Crippen molar-refractivity contribution in [3.63, 3.8) is 0 Å². The molecule has 1 amide bonds. The van der Waals surface area contributed by atoms with Gasteiger partial charge in [-0.25, -0.2) is 17.2 Å². The fraction of sp³-hybridized carbons (Fsp3) is 0.0625. The van der Waals surface area contributed by atoms with E-state index < -0.39 is 33.3 Å². The maximum atomic E-state index is 13.6. The number of halogens is 2. The lowest BCUT2D eigenvalue weighted by Crippen LogP contribution is -2.15. The Morgan fingerprint density at radius 2 is 2.00 bits per heavy atom. The van der Waals surface area contributed by atoms with Crippen molar-refractivity contribution in [3.05, 3.63) is 78.0 Å². The van der Waals surface area contributed by atoms with Crippen LogP contribution in [-0.2, 0) is 15.8 Å². The summed E-state index contributed by atoms with van der Waals surface area (Å²) in [5.74, 6) is -2.85. The van der Waals surface area contributed by atoms with E-state index >= 15 is 0 Å². The second kappa shape index (κ2) is 6.52. The van der Waals surface area contributed by atoms with Gasteiger partial charge < -0.3 is 9.73 Å². The number of aromatic nitrogens is 1. The van der Waals surface area contributed by atoms with E-state index in [4.69, 9.17) is 4.42 Å². The molecule has 3 rings (SSSR count). The summed E-state index contributed by atoms with van der Waals surface area (Å²) in [4.78, 5) is 11.9. The minimum absolute atomic E-state index is 0.0731. The Morgan fingerprint density at radius 3 is 2.68 bits per heavy atom. The van der Waals surface area contributed by atoms with E-state index in [0.29, 0.717) is 6.07 Å². The summed E-state index contributed by atoms with van der Waals surface area (Å²) >= 11 is 0. The molecule has 9 heteroatoms. The van der Waals surface area contributed by atoms with E-state index in [1.165, 1.54) is 30.8 Å². The lowest BCUT2D eigenvalue weighted by molar-refractivity contribution is 0.0996. The van der Waals surface area contributed by atoms with E-state index in [2.05, 4.69) is 5.32 Å². The van der Waals surface area contributed by atoms with Crippen LogP contribution >= 0.6 is 0 Å².